The van der Waals surface area contributed by atoms with Gasteiger partial charge in [0, 0.05) is 5.56 Å². The molecule has 0 N–H and O–H groups in total. The molecule has 1 aromatic carbocycles. The lowest BCUT2D eigenvalue weighted by molar-refractivity contribution is 0.0546. The zero-order valence-electron chi connectivity index (χ0n) is 11.4. The van der Waals surface area contributed by atoms with E-state index in [1.165, 1.54) is 19.0 Å². The van der Waals surface area contributed by atoms with Crippen molar-refractivity contribution >= 4 is 5.97 Å². The summed E-state index contributed by atoms with van der Waals surface area (Å²) in [6.45, 7) is 3.76. The monoisotopic (exact) mass is 260 g/mol. The van der Waals surface area contributed by atoms with Gasteiger partial charge in [-0.15, -0.1) is 0 Å². The molecule has 2 rings (SSSR count). The number of aryl methyl sites for hydroxylation is 2. The van der Waals surface area contributed by atoms with Crippen LogP contribution in [0.25, 0.3) is 11.4 Å². The molecule has 0 saturated heterocycles. The Kier molecular flexibility index (Phi) is 3.55. The number of hydrogen-bond donors (Lipinski definition) is 0. The van der Waals surface area contributed by atoms with E-state index in [-0.39, 0.29) is 0 Å². The molecule has 0 unspecified atom stereocenters. The van der Waals surface area contributed by atoms with Crippen LogP contribution in [0.3, 0.4) is 0 Å². The molecule has 0 radical (unpaired) electrons. The molecule has 0 aliphatic carbocycles. The Bertz CT molecular complexity index is 600. The summed E-state index contributed by atoms with van der Waals surface area (Å²) in [4.78, 5) is 21.4. The van der Waals surface area contributed by atoms with E-state index in [2.05, 4.69) is 4.98 Å². The van der Waals surface area contributed by atoms with Gasteiger partial charge in [-0.3, -0.25) is 0 Å². The van der Waals surface area contributed by atoms with Gasteiger partial charge < -0.3 is 9.57 Å². The van der Waals surface area contributed by atoms with Crippen molar-refractivity contribution in [2.75, 3.05) is 14.2 Å². The highest BCUT2D eigenvalue weighted by Gasteiger charge is 2.22. The number of rotatable bonds is 3. The van der Waals surface area contributed by atoms with Gasteiger partial charge in [0.15, 0.2) is 11.5 Å². The van der Waals surface area contributed by atoms with Crippen molar-refractivity contribution in [2.24, 2.45) is 0 Å². The fourth-order valence-electron chi connectivity index (χ4n) is 1.90. The molecule has 0 saturated carbocycles. The Balaban J connectivity index is 2.58. The second-order valence-electron chi connectivity index (χ2n) is 4.20. The Morgan fingerprint density at radius 3 is 2.32 bits per heavy atom. The molecule has 0 bridgehead atoms. The lowest BCUT2D eigenvalue weighted by atomic mass is 10.1. The molecule has 2 aromatic rings. The fraction of sp³-hybridized carbons (Fsp3) is 0.286. The first kappa shape index (κ1) is 13.1. The van der Waals surface area contributed by atoms with Crippen LogP contribution in [0.15, 0.2) is 24.3 Å². The van der Waals surface area contributed by atoms with Crippen LogP contribution in [0, 0.1) is 13.8 Å². The molecule has 1 aromatic heterocycles. The van der Waals surface area contributed by atoms with Gasteiger partial charge in [-0.25, -0.2) is 9.78 Å². The van der Waals surface area contributed by atoms with Gasteiger partial charge in [-0.1, -0.05) is 29.8 Å². The SMILES string of the molecule is COC(=O)c1c(C)nc(-c2ccc(C)cc2)n1OC. The zero-order valence-corrected chi connectivity index (χ0v) is 11.4. The summed E-state index contributed by atoms with van der Waals surface area (Å²) < 4.78 is 6.14. The highest BCUT2D eigenvalue weighted by Crippen LogP contribution is 2.22. The van der Waals surface area contributed by atoms with Crippen LogP contribution >= 0.6 is 0 Å². The Hall–Kier alpha value is -2.30. The number of imidazole rings is 1. The third-order valence-corrected chi connectivity index (χ3v) is 2.88. The van der Waals surface area contributed by atoms with E-state index in [1.807, 2.05) is 31.2 Å². The molecule has 100 valence electrons. The van der Waals surface area contributed by atoms with E-state index in [0.29, 0.717) is 17.2 Å². The Morgan fingerprint density at radius 1 is 1.16 bits per heavy atom. The van der Waals surface area contributed by atoms with Crippen molar-refractivity contribution in [3.8, 4) is 11.4 Å². The zero-order chi connectivity index (χ0) is 14.0. The highest BCUT2D eigenvalue weighted by atomic mass is 16.7. The topological polar surface area (TPSA) is 53.3 Å². The van der Waals surface area contributed by atoms with Crippen LogP contribution < -0.4 is 4.84 Å². The largest absolute Gasteiger partial charge is 0.464 e. The summed E-state index contributed by atoms with van der Waals surface area (Å²) in [5.74, 6) is 0.116. The van der Waals surface area contributed by atoms with E-state index in [1.54, 1.807) is 6.92 Å². The van der Waals surface area contributed by atoms with Crippen LogP contribution in [0.1, 0.15) is 21.7 Å². The number of methoxy groups -OCH3 is 1. The number of aromatic nitrogens is 2. The highest BCUT2D eigenvalue weighted by molar-refractivity contribution is 5.89. The molecular weight excluding hydrogens is 244 g/mol. The smallest absolute Gasteiger partial charge is 0.360 e. The average Bonchev–Trinajstić information content (AvgIpc) is 2.75. The summed E-state index contributed by atoms with van der Waals surface area (Å²) in [7, 11) is 2.82. The molecule has 5 nitrogen and oxygen atoms in total. The van der Waals surface area contributed by atoms with Crippen LogP contribution in [0.2, 0.25) is 0 Å². The summed E-state index contributed by atoms with van der Waals surface area (Å²) in [6, 6.07) is 7.84. The summed E-state index contributed by atoms with van der Waals surface area (Å²) >= 11 is 0. The molecule has 0 amide bonds. The standard InChI is InChI=1S/C14H16N2O3/c1-9-5-7-11(8-6-9)13-15-10(2)12(14(17)18-3)16(13)19-4/h5-8H,1-4H3. The quantitative estimate of drug-likeness (QED) is 0.792. The Morgan fingerprint density at radius 2 is 1.79 bits per heavy atom. The van der Waals surface area contributed by atoms with Gasteiger partial charge in [0.25, 0.3) is 0 Å². The molecule has 0 aliphatic rings. The van der Waals surface area contributed by atoms with E-state index < -0.39 is 5.97 Å². The third-order valence-electron chi connectivity index (χ3n) is 2.88. The maximum Gasteiger partial charge on any atom is 0.360 e. The normalized spacial score (nSPS) is 10.3. The summed E-state index contributed by atoms with van der Waals surface area (Å²) in [5.41, 5.74) is 2.92. The van der Waals surface area contributed by atoms with Gasteiger partial charge in [-0.05, 0) is 13.8 Å². The second-order valence-corrected chi connectivity index (χ2v) is 4.20. The van der Waals surface area contributed by atoms with Gasteiger partial charge in [0.1, 0.15) is 7.11 Å². The van der Waals surface area contributed by atoms with Crippen LogP contribution in [-0.4, -0.2) is 29.9 Å². The molecule has 19 heavy (non-hydrogen) atoms. The minimum atomic E-state index is -0.467. The van der Waals surface area contributed by atoms with Gasteiger partial charge in [-0.2, -0.15) is 4.73 Å². The maximum absolute atomic E-state index is 11.7. The molecule has 0 spiro atoms. The number of nitrogens with zero attached hydrogens (tertiary/aromatic N) is 2. The van der Waals surface area contributed by atoms with Gasteiger partial charge >= 0.3 is 5.97 Å². The van der Waals surface area contributed by atoms with Crippen molar-refractivity contribution in [2.45, 2.75) is 13.8 Å². The van der Waals surface area contributed by atoms with Crippen molar-refractivity contribution in [1.29, 1.82) is 0 Å². The first-order chi connectivity index (χ1) is 9.08. The first-order valence-corrected chi connectivity index (χ1v) is 5.87. The van der Waals surface area contributed by atoms with E-state index in [4.69, 9.17) is 9.57 Å². The summed E-state index contributed by atoms with van der Waals surface area (Å²) in [5, 5.41) is 0. The lowest BCUT2D eigenvalue weighted by Crippen LogP contribution is -2.17. The van der Waals surface area contributed by atoms with Crippen molar-refractivity contribution in [3.05, 3.63) is 41.2 Å². The van der Waals surface area contributed by atoms with Crippen LogP contribution in [0.4, 0.5) is 0 Å². The van der Waals surface area contributed by atoms with E-state index in [0.717, 1.165) is 11.1 Å². The number of hydrogen-bond acceptors (Lipinski definition) is 4. The molecule has 0 fully saturated rings. The molecule has 0 atom stereocenters. The van der Waals surface area contributed by atoms with Crippen molar-refractivity contribution < 1.29 is 14.4 Å². The number of esters is 1. The molecular formula is C14H16N2O3. The minimum absolute atomic E-state index is 0.306. The van der Waals surface area contributed by atoms with Gasteiger partial charge in [0.05, 0.1) is 12.8 Å². The molecule has 1 heterocycles. The maximum atomic E-state index is 11.7. The van der Waals surface area contributed by atoms with Crippen LogP contribution in [0.5, 0.6) is 0 Å². The average molecular weight is 260 g/mol. The van der Waals surface area contributed by atoms with Crippen molar-refractivity contribution in [3.63, 3.8) is 0 Å². The number of benzene rings is 1. The fourth-order valence-corrected chi connectivity index (χ4v) is 1.90. The van der Waals surface area contributed by atoms with Crippen molar-refractivity contribution in [1.82, 2.24) is 9.71 Å². The third kappa shape index (κ3) is 2.31. The number of ether oxygens (including phenoxy) is 1. The number of carbonyl (C=O) groups is 1. The van der Waals surface area contributed by atoms with E-state index in [9.17, 15) is 4.79 Å². The Labute approximate surface area is 111 Å². The van der Waals surface area contributed by atoms with E-state index >= 15 is 0 Å². The second kappa shape index (κ2) is 5.14. The van der Waals surface area contributed by atoms with Gasteiger partial charge in [0.2, 0.25) is 0 Å². The minimum Gasteiger partial charge on any atom is -0.464 e. The molecule has 0 aliphatic heterocycles. The summed E-state index contributed by atoms with van der Waals surface area (Å²) in [6.07, 6.45) is 0. The first-order valence-electron chi connectivity index (χ1n) is 5.87. The van der Waals surface area contributed by atoms with Crippen LogP contribution in [-0.2, 0) is 4.74 Å². The number of carbonyl (C=O) groups excluding carboxylic acids is 1. The predicted octanol–water partition coefficient (Wildman–Crippen LogP) is 2.01. The predicted molar refractivity (Wildman–Crippen MR) is 71.0 cm³/mol. The molecule has 5 heteroatoms. The lowest BCUT2D eigenvalue weighted by Gasteiger charge is -2.08.